The highest BCUT2D eigenvalue weighted by molar-refractivity contribution is 7.94. The number of alkyl halides is 6. The minimum absolute atomic E-state index is 0.0310. The monoisotopic (exact) mass is 597 g/mol. The molecule has 0 aliphatic carbocycles. The number of aliphatic hydroxyl groups is 2. The molecule has 0 unspecified atom stereocenters. The van der Waals surface area contributed by atoms with Gasteiger partial charge < -0.3 is 15.1 Å². The van der Waals surface area contributed by atoms with Crippen molar-refractivity contribution in [2.75, 3.05) is 28.8 Å². The van der Waals surface area contributed by atoms with E-state index in [-0.39, 0.29) is 49.2 Å². The van der Waals surface area contributed by atoms with E-state index in [1.165, 1.54) is 11.0 Å². The van der Waals surface area contributed by atoms with Gasteiger partial charge in [0.15, 0.2) is 0 Å². The molecule has 0 fully saturated rings. The molecular weight excluding hydrogens is 568 g/mol. The van der Waals surface area contributed by atoms with Gasteiger partial charge in [0.05, 0.1) is 17.9 Å². The smallest absolute Gasteiger partial charge is 0.396 e. The first kappa shape index (κ1) is 31.5. The maximum atomic E-state index is 13.4. The van der Waals surface area contributed by atoms with Gasteiger partial charge in [-0.3, -0.25) is 9.10 Å². The van der Waals surface area contributed by atoms with Gasteiger partial charge in [-0.2, -0.15) is 34.8 Å². The van der Waals surface area contributed by atoms with Gasteiger partial charge in [0.2, 0.25) is 5.91 Å². The zero-order valence-electron chi connectivity index (χ0n) is 21.6. The Bertz CT molecular complexity index is 1290. The summed E-state index contributed by atoms with van der Waals surface area (Å²) in [6, 6.07) is 8.71. The van der Waals surface area contributed by atoms with Crippen molar-refractivity contribution < 1.29 is 49.8 Å². The zero-order valence-corrected chi connectivity index (χ0v) is 22.4. The molecule has 40 heavy (non-hydrogen) atoms. The quantitative estimate of drug-likeness (QED) is 0.402. The molecule has 15 heteroatoms. The first-order valence-electron chi connectivity index (χ1n) is 12.2. The molecule has 0 aromatic heterocycles. The number of anilines is 2. The lowest BCUT2D eigenvalue weighted by molar-refractivity contribution is -0.376. The van der Waals surface area contributed by atoms with E-state index in [9.17, 15) is 44.7 Å². The number of benzene rings is 2. The van der Waals surface area contributed by atoms with Crippen LogP contribution < -0.4 is 8.61 Å². The van der Waals surface area contributed by atoms with Crippen LogP contribution in [0.1, 0.15) is 37.3 Å². The van der Waals surface area contributed by atoms with E-state index in [0.29, 0.717) is 24.2 Å². The highest BCUT2D eigenvalue weighted by Crippen LogP contribution is 2.50. The fourth-order valence-corrected chi connectivity index (χ4v) is 6.05. The third kappa shape index (κ3) is 5.86. The lowest BCUT2D eigenvalue weighted by Crippen LogP contribution is -2.53. The molecule has 2 aromatic rings. The number of para-hydroxylation sites is 2. The Hall–Kier alpha value is -3.04. The van der Waals surface area contributed by atoms with Gasteiger partial charge >= 0.3 is 22.6 Å². The van der Waals surface area contributed by atoms with E-state index in [1.54, 1.807) is 32.2 Å². The zero-order chi connectivity index (χ0) is 30.1. The topological polar surface area (TPSA) is 101 Å². The maximum absolute atomic E-state index is 13.4. The van der Waals surface area contributed by atoms with Crippen molar-refractivity contribution in [2.24, 2.45) is 0 Å². The molecule has 0 spiro atoms. The molecule has 0 bridgehead atoms. The standard InChI is InChI=1S/C25H29F6N3O5S/c1-17(13-15-35)32(2)22(36)8-5-14-33-20-6-3-4-7-21(20)34(40(33,38)39)16-18-9-11-19(12-10-18)23(37,24(26,27)28)25(29,30)31/h3-4,6-7,9-12,17,35,37H,5,8,13-16H2,1-2H3/t17-/m1/s1. The number of carbonyl (C=O) groups is 1. The fourth-order valence-electron chi connectivity index (χ4n) is 4.34. The van der Waals surface area contributed by atoms with Crippen molar-refractivity contribution in [1.82, 2.24) is 4.90 Å². The average molecular weight is 598 g/mol. The molecule has 8 nitrogen and oxygen atoms in total. The Morgan fingerprint density at radius 1 is 0.950 bits per heavy atom. The number of halogens is 6. The number of carbonyl (C=O) groups excluding carboxylic acids is 1. The Morgan fingerprint density at radius 3 is 1.98 bits per heavy atom. The van der Waals surface area contributed by atoms with Crippen LogP contribution >= 0.6 is 0 Å². The number of rotatable bonds is 10. The Balaban J connectivity index is 1.81. The molecule has 1 amide bonds. The van der Waals surface area contributed by atoms with Crippen LogP contribution in [-0.2, 0) is 27.1 Å². The predicted octanol–water partition coefficient (Wildman–Crippen LogP) is 4.08. The van der Waals surface area contributed by atoms with Crippen LogP contribution in [0.25, 0.3) is 0 Å². The molecule has 1 aliphatic rings. The molecule has 0 saturated heterocycles. The molecule has 1 aliphatic heterocycles. The largest absolute Gasteiger partial charge is 0.430 e. The molecule has 2 N–H and O–H groups in total. The van der Waals surface area contributed by atoms with Crippen LogP contribution in [-0.4, -0.2) is 68.0 Å². The molecule has 3 rings (SSSR count). The van der Waals surface area contributed by atoms with E-state index in [2.05, 4.69) is 0 Å². The Labute approximate surface area is 227 Å². The number of fused-ring (bicyclic) bond motifs is 1. The van der Waals surface area contributed by atoms with E-state index >= 15 is 0 Å². The van der Waals surface area contributed by atoms with Gasteiger partial charge in [-0.05, 0) is 37.5 Å². The average Bonchev–Trinajstić information content (AvgIpc) is 3.08. The SMILES string of the molecule is C[C@H](CCO)N(C)C(=O)CCCN1c2ccccc2N(Cc2ccc(C(O)(C(F)(F)F)C(F)(F)F)cc2)S1(=O)=O. The summed E-state index contributed by atoms with van der Waals surface area (Å²) in [7, 11) is -2.63. The van der Waals surface area contributed by atoms with Crippen molar-refractivity contribution in [3.63, 3.8) is 0 Å². The van der Waals surface area contributed by atoms with E-state index in [0.717, 1.165) is 20.7 Å². The molecule has 1 atom stereocenters. The molecule has 0 radical (unpaired) electrons. The molecule has 1 heterocycles. The maximum Gasteiger partial charge on any atom is 0.430 e. The highest BCUT2D eigenvalue weighted by atomic mass is 32.2. The number of nitrogens with zero attached hydrogens (tertiary/aromatic N) is 3. The minimum atomic E-state index is -6.04. The van der Waals surface area contributed by atoms with E-state index in [1.807, 2.05) is 0 Å². The lowest BCUT2D eigenvalue weighted by Gasteiger charge is -2.32. The summed E-state index contributed by atoms with van der Waals surface area (Å²) in [6.07, 6.45) is -11.5. The minimum Gasteiger partial charge on any atom is -0.396 e. The molecule has 2 aromatic carbocycles. The van der Waals surface area contributed by atoms with E-state index in [4.69, 9.17) is 5.11 Å². The summed E-state index contributed by atoms with van der Waals surface area (Å²) in [5, 5.41) is 18.7. The second-order valence-corrected chi connectivity index (χ2v) is 11.2. The number of aliphatic hydroxyl groups excluding tert-OH is 1. The Kier molecular flexibility index (Phi) is 9.01. The number of hydrogen-bond acceptors (Lipinski definition) is 5. The van der Waals surface area contributed by atoms with Crippen LogP contribution in [0.3, 0.4) is 0 Å². The number of amides is 1. The first-order valence-corrected chi connectivity index (χ1v) is 13.6. The van der Waals surface area contributed by atoms with Gasteiger partial charge in [-0.1, -0.05) is 36.4 Å². The second-order valence-electron chi connectivity index (χ2n) is 9.45. The van der Waals surface area contributed by atoms with Crippen molar-refractivity contribution in [1.29, 1.82) is 0 Å². The van der Waals surface area contributed by atoms with Crippen molar-refractivity contribution >= 4 is 27.5 Å². The van der Waals surface area contributed by atoms with Gasteiger partial charge in [0.25, 0.3) is 5.60 Å². The van der Waals surface area contributed by atoms with Crippen molar-refractivity contribution in [3.05, 3.63) is 59.7 Å². The van der Waals surface area contributed by atoms with Gasteiger partial charge in [0.1, 0.15) is 0 Å². The van der Waals surface area contributed by atoms with Crippen molar-refractivity contribution in [3.8, 4) is 0 Å². The summed E-state index contributed by atoms with van der Waals surface area (Å²) in [5.41, 5.74) is -5.93. The Morgan fingerprint density at radius 2 is 1.48 bits per heavy atom. The summed E-state index contributed by atoms with van der Waals surface area (Å²) in [4.78, 5) is 13.9. The number of hydrogen-bond donors (Lipinski definition) is 2. The summed E-state index contributed by atoms with van der Waals surface area (Å²) in [6.45, 7) is 1.21. The predicted molar refractivity (Wildman–Crippen MR) is 135 cm³/mol. The van der Waals surface area contributed by atoms with Crippen molar-refractivity contribution in [2.45, 2.75) is 56.7 Å². The first-order chi connectivity index (χ1) is 18.5. The lowest BCUT2D eigenvalue weighted by atomic mass is 9.91. The van der Waals surface area contributed by atoms with Gasteiger partial charge in [-0.15, -0.1) is 0 Å². The van der Waals surface area contributed by atoms with Crippen LogP contribution in [0.15, 0.2) is 48.5 Å². The summed E-state index contributed by atoms with van der Waals surface area (Å²) >= 11 is 0. The molecule has 0 saturated carbocycles. The molecular formula is C25H29F6N3O5S. The molecule has 222 valence electrons. The normalized spacial score (nSPS) is 16.1. The summed E-state index contributed by atoms with van der Waals surface area (Å²) in [5.74, 6) is -0.236. The van der Waals surface area contributed by atoms with E-state index < -0.39 is 40.3 Å². The fraction of sp³-hybridized carbons (Fsp3) is 0.480. The van der Waals surface area contributed by atoms with Crippen LogP contribution in [0, 0.1) is 0 Å². The second kappa shape index (κ2) is 11.4. The van der Waals surface area contributed by atoms with Gasteiger partial charge in [0, 0.05) is 38.2 Å². The van der Waals surface area contributed by atoms with Crippen LogP contribution in [0.2, 0.25) is 0 Å². The van der Waals surface area contributed by atoms with Crippen LogP contribution in [0.5, 0.6) is 0 Å². The summed E-state index contributed by atoms with van der Waals surface area (Å²) < 4.78 is 108. The van der Waals surface area contributed by atoms with Gasteiger partial charge in [-0.25, -0.2) is 4.31 Å². The third-order valence-electron chi connectivity index (χ3n) is 6.85. The highest BCUT2D eigenvalue weighted by Gasteiger charge is 2.71. The van der Waals surface area contributed by atoms with Crippen LogP contribution in [0.4, 0.5) is 37.7 Å². The third-order valence-corrected chi connectivity index (χ3v) is 8.67.